The molecule has 0 atom stereocenters. The summed E-state index contributed by atoms with van der Waals surface area (Å²) in [6, 6.07) is 14.4. The minimum atomic E-state index is -2.52. The van der Waals surface area contributed by atoms with E-state index in [0.29, 0.717) is 16.5 Å². The van der Waals surface area contributed by atoms with E-state index in [0.717, 1.165) is 47.7 Å². The molecule has 0 spiro atoms. The Morgan fingerprint density at radius 1 is 0.930 bits per heavy atom. The van der Waals surface area contributed by atoms with Gasteiger partial charge in [-0.1, -0.05) is 85.3 Å². The van der Waals surface area contributed by atoms with Gasteiger partial charge in [0.2, 0.25) is 0 Å². The van der Waals surface area contributed by atoms with Crippen molar-refractivity contribution in [2.24, 2.45) is 11.8 Å². The molecule has 43 heavy (non-hydrogen) atoms. The van der Waals surface area contributed by atoms with Crippen LogP contribution in [0.2, 0.25) is 19.6 Å². The van der Waals surface area contributed by atoms with Crippen LogP contribution in [0.3, 0.4) is 0 Å². The van der Waals surface area contributed by atoms with Gasteiger partial charge in [0, 0.05) is 57.8 Å². The topological polar surface area (TPSA) is 50.2 Å². The largest absolute Gasteiger partial charge is 0.512 e. The molecule has 3 nitrogen and oxygen atoms in total. The van der Waals surface area contributed by atoms with E-state index < -0.39 is 21.8 Å². The minimum absolute atomic E-state index is 0. The van der Waals surface area contributed by atoms with E-state index in [1.54, 1.807) is 24.4 Å². The number of aromatic nitrogens is 1. The zero-order valence-electron chi connectivity index (χ0n) is 32.2. The third-order valence-corrected chi connectivity index (χ3v) is 9.89. The Labute approximate surface area is 280 Å². The van der Waals surface area contributed by atoms with Gasteiger partial charge in [0.15, 0.2) is 5.78 Å². The SMILES string of the molecule is CCC(CC)C(=O)/C=C(\O)C(CC)CC.[2H]C([2H])([2H])c1[c-]c(-c2nccc3c2ccc2c(F)c([Si](C)(C)C)ccc23)cc(C([2H])([2H])[2H])c1.[Ir]. The van der Waals surface area contributed by atoms with Gasteiger partial charge in [-0.3, -0.25) is 4.79 Å². The van der Waals surface area contributed by atoms with E-state index in [2.05, 4.69) is 30.7 Å². The van der Waals surface area contributed by atoms with Crippen LogP contribution in [0.25, 0.3) is 32.8 Å². The second-order valence-corrected chi connectivity index (χ2v) is 16.8. The summed E-state index contributed by atoms with van der Waals surface area (Å²) < 4.78 is 62.0. The van der Waals surface area contributed by atoms with Gasteiger partial charge in [0.05, 0.1) is 13.8 Å². The van der Waals surface area contributed by atoms with Crippen LogP contribution in [0.1, 0.15) is 72.7 Å². The maximum Gasteiger partial charge on any atom is 0.162 e. The van der Waals surface area contributed by atoms with Crippen LogP contribution in [-0.4, -0.2) is 23.9 Å². The smallest absolute Gasteiger partial charge is 0.162 e. The number of ketones is 1. The van der Waals surface area contributed by atoms with E-state index in [1.165, 1.54) is 12.1 Å². The van der Waals surface area contributed by atoms with E-state index in [1.807, 2.05) is 39.8 Å². The number of benzene rings is 3. The molecule has 0 saturated heterocycles. The molecule has 4 aromatic rings. The van der Waals surface area contributed by atoms with Crippen molar-refractivity contribution in [3.05, 3.63) is 83.5 Å². The van der Waals surface area contributed by atoms with Crippen molar-refractivity contribution in [2.45, 2.75) is 86.7 Å². The third kappa shape index (κ3) is 8.71. The summed E-state index contributed by atoms with van der Waals surface area (Å²) in [7, 11) is -1.87. The van der Waals surface area contributed by atoms with E-state index in [-0.39, 0.29) is 66.0 Å². The van der Waals surface area contributed by atoms with Gasteiger partial charge in [0.1, 0.15) is 5.82 Å². The Balaban J connectivity index is 0.000000444. The van der Waals surface area contributed by atoms with E-state index in [4.69, 9.17) is 8.22 Å². The van der Waals surface area contributed by atoms with Crippen LogP contribution in [0.5, 0.6) is 0 Å². The Hall–Kier alpha value is -2.66. The standard InChI is InChI=1S/C24H23FNSi.C13H24O2.Ir/c1-15-12-16(2)14-17(13-15)24-21-7-6-20-18(19(21)10-11-26-24)8-9-22(23(20)25)27(3,4)5;1-5-10(6-2)12(14)9-13(15)11(7-3)8-4;/h6-13H,1-5H3;9-11,14H,5-8H2,1-4H3;/q-1;;/b;12-9-;/i1D3,2D3;;. The van der Waals surface area contributed by atoms with Crippen LogP contribution < -0.4 is 5.19 Å². The predicted molar refractivity (Wildman–Crippen MR) is 180 cm³/mol. The summed E-state index contributed by atoms with van der Waals surface area (Å²) >= 11 is 0. The number of fused-ring (bicyclic) bond motifs is 3. The molecule has 0 fully saturated rings. The maximum absolute atomic E-state index is 15.4. The quantitative estimate of drug-likeness (QED) is 0.0605. The molecule has 0 aliphatic carbocycles. The molecule has 1 aromatic heterocycles. The molecule has 1 N–H and O–H groups in total. The van der Waals surface area contributed by atoms with Crippen molar-refractivity contribution in [1.82, 2.24) is 4.98 Å². The van der Waals surface area contributed by atoms with Crippen LogP contribution in [0.4, 0.5) is 4.39 Å². The molecule has 1 heterocycles. The number of aliphatic hydroxyl groups excluding tert-OH is 1. The normalized spacial score (nSPS) is 14.6. The number of carbonyl (C=O) groups is 1. The summed E-state index contributed by atoms with van der Waals surface area (Å²) in [6.07, 6.45) is 6.47. The number of hydrogen-bond donors (Lipinski definition) is 1. The number of allylic oxidation sites excluding steroid dienone is 2. The maximum atomic E-state index is 15.4. The van der Waals surface area contributed by atoms with Crippen molar-refractivity contribution >= 4 is 40.6 Å². The second kappa shape index (κ2) is 15.9. The molecular weight excluding hydrogens is 730 g/mol. The fourth-order valence-electron chi connectivity index (χ4n) is 5.31. The number of rotatable bonds is 9. The van der Waals surface area contributed by atoms with Gasteiger partial charge in [-0.15, -0.1) is 34.9 Å². The summed E-state index contributed by atoms with van der Waals surface area (Å²) in [5.41, 5.74) is 0.406. The molecule has 0 aliphatic heterocycles. The number of pyridine rings is 1. The van der Waals surface area contributed by atoms with Crippen LogP contribution >= 0.6 is 0 Å². The Morgan fingerprint density at radius 2 is 1.53 bits per heavy atom. The number of halogens is 1. The summed E-state index contributed by atoms with van der Waals surface area (Å²) in [5, 5.41) is 13.2. The summed E-state index contributed by atoms with van der Waals surface area (Å²) in [5.74, 6) is 0.332. The third-order valence-electron chi connectivity index (χ3n) is 7.89. The summed E-state index contributed by atoms with van der Waals surface area (Å²) in [6.45, 7) is 9.34. The molecule has 0 aliphatic rings. The van der Waals surface area contributed by atoms with Crippen LogP contribution in [-0.2, 0) is 24.9 Å². The zero-order chi connectivity index (χ0) is 36.2. The molecule has 4 rings (SSSR count). The van der Waals surface area contributed by atoms with Crippen molar-refractivity contribution in [2.75, 3.05) is 0 Å². The molecule has 0 saturated carbocycles. The number of hydrogen-bond acceptors (Lipinski definition) is 3. The van der Waals surface area contributed by atoms with Crippen molar-refractivity contribution in [3.63, 3.8) is 0 Å². The second-order valence-electron chi connectivity index (χ2n) is 11.8. The molecule has 1 radical (unpaired) electrons. The van der Waals surface area contributed by atoms with Crippen molar-refractivity contribution in [1.29, 1.82) is 0 Å². The molecule has 6 heteroatoms. The van der Waals surface area contributed by atoms with Gasteiger partial charge in [0.25, 0.3) is 0 Å². The van der Waals surface area contributed by atoms with Crippen LogP contribution in [0, 0.1) is 37.4 Å². The van der Waals surface area contributed by atoms with Gasteiger partial charge in [-0.25, -0.2) is 4.39 Å². The first-order chi connectivity index (χ1) is 22.3. The molecule has 0 unspecified atom stereocenters. The van der Waals surface area contributed by atoms with Gasteiger partial charge in [-0.05, 0) is 58.8 Å². The van der Waals surface area contributed by atoms with E-state index >= 15 is 4.39 Å². The van der Waals surface area contributed by atoms with E-state index in [9.17, 15) is 9.90 Å². The molecule has 3 aromatic carbocycles. The number of carbonyl (C=O) groups excluding carboxylic acids is 1. The Kier molecular flexibility index (Phi) is 10.3. The average Bonchev–Trinajstić information content (AvgIpc) is 3.00. The van der Waals surface area contributed by atoms with Crippen LogP contribution in [0.15, 0.2) is 60.5 Å². The number of nitrogens with zero attached hydrogens (tertiary/aromatic N) is 1. The zero-order valence-corrected chi connectivity index (χ0v) is 29.6. The van der Waals surface area contributed by atoms with Crippen molar-refractivity contribution in [3.8, 4) is 11.3 Å². The summed E-state index contributed by atoms with van der Waals surface area (Å²) in [4.78, 5) is 16.1. The molecule has 0 amide bonds. The number of aryl methyl sites for hydroxylation is 2. The minimum Gasteiger partial charge on any atom is -0.512 e. The molecular formula is C37H47FIrNO2Si-. The first-order valence-electron chi connectivity index (χ1n) is 17.8. The Morgan fingerprint density at radius 3 is 2.12 bits per heavy atom. The molecule has 233 valence electrons. The first kappa shape index (κ1) is 27.9. The Bertz CT molecular complexity index is 1760. The average molecular weight is 783 g/mol. The number of aliphatic hydroxyl groups is 1. The monoisotopic (exact) mass is 783 g/mol. The molecule has 0 bridgehead atoms. The fourth-order valence-corrected chi connectivity index (χ4v) is 6.68. The van der Waals surface area contributed by atoms with Gasteiger partial charge in [-0.2, -0.15) is 0 Å². The predicted octanol–water partition coefficient (Wildman–Crippen LogP) is 10.0. The first-order valence-corrected chi connectivity index (χ1v) is 18.3. The van der Waals surface area contributed by atoms with Gasteiger partial charge >= 0.3 is 0 Å². The fraction of sp³-hybridized carbons (Fsp3) is 0.405. The van der Waals surface area contributed by atoms with Crippen molar-refractivity contribution < 1.29 is 42.6 Å². The van der Waals surface area contributed by atoms with Gasteiger partial charge < -0.3 is 10.1 Å².